The van der Waals surface area contributed by atoms with E-state index >= 15 is 0 Å². The Hall–Kier alpha value is -0.620. The Morgan fingerprint density at radius 1 is 1.50 bits per heavy atom. The van der Waals surface area contributed by atoms with Crippen LogP contribution in [0.15, 0.2) is 11.2 Å². The van der Waals surface area contributed by atoms with E-state index in [1.54, 1.807) is 25.3 Å². The SMILES string of the molecule is CCN(CC1CCN(C(=NC)NCc2ncc(C)s2)C1)CC(F)(F)F.I. The van der Waals surface area contributed by atoms with Crippen molar-refractivity contribution in [2.45, 2.75) is 33.0 Å². The molecule has 0 amide bonds. The molecule has 1 atom stereocenters. The summed E-state index contributed by atoms with van der Waals surface area (Å²) in [5.41, 5.74) is 0. The maximum atomic E-state index is 12.6. The van der Waals surface area contributed by atoms with Gasteiger partial charge in [0, 0.05) is 37.8 Å². The fourth-order valence-electron chi connectivity index (χ4n) is 3.07. The molecule has 5 nitrogen and oxygen atoms in total. The molecule has 0 radical (unpaired) electrons. The van der Waals surface area contributed by atoms with Crippen molar-refractivity contribution in [1.82, 2.24) is 20.1 Å². The van der Waals surface area contributed by atoms with Gasteiger partial charge in [0.25, 0.3) is 0 Å². The number of guanidine groups is 1. The van der Waals surface area contributed by atoms with Crippen molar-refractivity contribution in [2.24, 2.45) is 10.9 Å². The highest BCUT2D eigenvalue weighted by Crippen LogP contribution is 2.21. The Morgan fingerprint density at radius 2 is 2.23 bits per heavy atom. The summed E-state index contributed by atoms with van der Waals surface area (Å²) in [6.45, 7) is 5.98. The van der Waals surface area contributed by atoms with Crippen molar-refractivity contribution in [1.29, 1.82) is 0 Å². The van der Waals surface area contributed by atoms with Gasteiger partial charge in [0.15, 0.2) is 5.96 Å². The van der Waals surface area contributed by atoms with Gasteiger partial charge in [0.1, 0.15) is 5.01 Å². The van der Waals surface area contributed by atoms with Crippen molar-refractivity contribution in [3.63, 3.8) is 0 Å². The molecule has 26 heavy (non-hydrogen) atoms. The zero-order chi connectivity index (χ0) is 18.4. The van der Waals surface area contributed by atoms with E-state index in [-0.39, 0.29) is 29.9 Å². The molecule has 150 valence electrons. The maximum absolute atomic E-state index is 12.6. The van der Waals surface area contributed by atoms with Gasteiger partial charge in [-0.3, -0.25) is 9.89 Å². The lowest BCUT2D eigenvalue weighted by Crippen LogP contribution is -2.41. The first-order chi connectivity index (χ1) is 11.8. The third-order valence-corrected chi connectivity index (χ3v) is 5.14. The van der Waals surface area contributed by atoms with Crippen molar-refractivity contribution >= 4 is 41.3 Å². The first-order valence-corrected chi connectivity index (χ1v) is 9.28. The van der Waals surface area contributed by atoms with Gasteiger partial charge in [-0.15, -0.1) is 35.3 Å². The van der Waals surface area contributed by atoms with Crippen molar-refractivity contribution < 1.29 is 13.2 Å². The Balaban J connectivity index is 0.00000338. The molecular formula is C16H27F3IN5S. The molecule has 1 aliphatic heterocycles. The van der Waals surface area contributed by atoms with Crippen LogP contribution in [-0.4, -0.2) is 66.7 Å². The number of rotatable bonds is 6. The van der Waals surface area contributed by atoms with Crippen LogP contribution in [0.25, 0.3) is 0 Å². The molecule has 1 saturated heterocycles. The number of aromatic nitrogens is 1. The predicted molar refractivity (Wildman–Crippen MR) is 110 cm³/mol. The standard InChI is InChI=1S/C16H26F3N5S.HI/c1-4-23(11-16(17,18)19)9-13-5-6-24(10-13)15(20-3)22-8-14-21-7-12(2)25-14;/h7,13H,4-6,8-11H2,1-3H3,(H,20,22);1H. The number of nitrogens with zero attached hydrogens (tertiary/aromatic N) is 4. The number of hydrogen-bond acceptors (Lipinski definition) is 4. The van der Waals surface area contributed by atoms with E-state index in [1.807, 2.05) is 13.1 Å². The van der Waals surface area contributed by atoms with Crippen LogP contribution >= 0.6 is 35.3 Å². The van der Waals surface area contributed by atoms with Gasteiger partial charge in [-0.2, -0.15) is 13.2 Å². The molecule has 0 bridgehead atoms. The topological polar surface area (TPSA) is 43.8 Å². The Morgan fingerprint density at radius 3 is 2.77 bits per heavy atom. The summed E-state index contributed by atoms with van der Waals surface area (Å²) in [5.74, 6) is 1.01. The third kappa shape index (κ3) is 7.55. The highest BCUT2D eigenvalue weighted by Gasteiger charge is 2.32. The van der Waals surface area contributed by atoms with E-state index in [2.05, 4.69) is 20.2 Å². The zero-order valence-electron chi connectivity index (χ0n) is 15.3. The highest BCUT2D eigenvalue weighted by molar-refractivity contribution is 14.0. The minimum Gasteiger partial charge on any atom is -0.350 e. The summed E-state index contributed by atoms with van der Waals surface area (Å²) < 4.78 is 37.8. The number of thiazole rings is 1. The van der Waals surface area contributed by atoms with E-state index in [1.165, 1.54) is 4.90 Å². The second kappa shape index (κ2) is 10.6. The monoisotopic (exact) mass is 505 g/mol. The van der Waals surface area contributed by atoms with Crippen LogP contribution in [0.5, 0.6) is 0 Å². The first-order valence-electron chi connectivity index (χ1n) is 8.46. The predicted octanol–water partition coefficient (Wildman–Crippen LogP) is 3.35. The fourth-order valence-corrected chi connectivity index (χ4v) is 3.80. The Kier molecular flexibility index (Phi) is 9.59. The van der Waals surface area contributed by atoms with Crippen LogP contribution in [0.3, 0.4) is 0 Å². The molecule has 1 fully saturated rings. The smallest absolute Gasteiger partial charge is 0.350 e. The van der Waals surface area contributed by atoms with E-state index < -0.39 is 12.7 Å². The quantitative estimate of drug-likeness (QED) is 0.366. The molecule has 0 aromatic carbocycles. The number of nitrogens with one attached hydrogen (secondary N) is 1. The highest BCUT2D eigenvalue weighted by atomic mass is 127. The molecule has 1 N–H and O–H groups in total. The molecule has 10 heteroatoms. The van der Waals surface area contributed by atoms with Crippen molar-refractivity contribution in [3.05, 3.63) is 16.1 Å². The summed E-state index contributed by atoms with van der Waals surface area (Å²) in [4.78, 5) is 13.4. The number of alkyl halides is 3. The van der Waals surface area contributed by atoms with E-state index in [9.17, 15) is 13.2 Å². The Labute approximate surface area is 174 Å². The van der Waals surface area contributed by atoms with Gasteiger partial charge in [-0.05, 0) is 25.8 Å². The maximum Gasteiger partial charge on any atom is 0.401 e. The van der Waals surface area contributed by atoms with Crippen LogP contribution in [-0.2, 0) is 6.54 Å². The summed E-state index contributed by atoms with van der Waals surface area (Å²) >= 11 is 1.64. The second-order valence-electron chi connectivity index (χ2n) is 6.31. The summed E-state index contributed by atoms with van der Waals surface area (Å²) in [6.07, 6.45) is -1.42. The van der Waals surface area contributed by atoms with Crippen LogP contribution in [0.4, 0.5) is 13.2 Å². The fraction of sp³-hybridized carbons (Fsp3) is 0.750. The minimum atomic E-state index is -4.14. The molecule has 1 aromatic heterocycles. The molecule has 1 aliphatic rings. The molecule has 2 rings (SSSR count). The van der Waals surface area contributed by atoms with E-state index in [4.69, 9.17) is 0 Å². The summed E-state index contributed by atoms with van der Waals surface area (Å²) in [5, 5.41) is 4.29. The average molecular weight is 505 g/mol. The number of aliphatic imine (C=N–C) groups is 1. The van der Waals surface area contributed by atoms with Crippen molar-refractivity contribution in [3.8, 4) is 0 Å². The van der Waals surface area contributed by atoms with E-state index in [0.717, 1.165) is 35.4 Å². The van der Waals surface area contributed by atoms with Gasteiger partial charge < -0.3 is 10.2 Å². The van der Waals surface area contributed by atoms with Crippen LogP contribution < -0.4 is 5.32 Å². The van der Waals surface area contributed by atoms with Gasteiger partial charge in [0.05, 0.1) is 13.1 Å². The van der Waals surface area contributed by atoms with Gasteiger partial charge in [-0.25, -0.2) is 4.98 Å². The largest absolute Gasteiger partial charge is 0.401 e. The molecule has 0 spiro atoms. The lowest BCUT2D eigenvalue weighted by molar-refractivity contribution is -0.146. The second-order valence-corrected chi connectivity index (χ2v) is 7.63. The van der Waals surface area contributed by atoms with Crippen molar-refractivity contribution in [2.75, 3.05) is 39.8 Å². The number of hydrogen-bond donors (Lipinski definition) is 1. The molecule has 2 heterocycles. The zero-order valence-corrected chi connectivity index (χ0v) is 18.5. The minimum absolute atomic E-state index is 0. The van der Waals surface area contributed by atoms with Crippen LogP contribution in [0.2, 0.25) is 0 Å². The summed E-state index contributed by atoms with van der Waals surface area (Å²) in [7, 11) is 1.73. The molecular weight excluding hydrogens is 478 g/mol. The molecule has 1 unspecified atom stereocenters. The molecule has 0 saturated carbocycles. The van der Waals surface area contributed by atoms with Gasteiger partial charge >= 0.3 is 6.18 Å². The van der Waals surface area contributed by atoms with E-state index in [0.29, 0.717) is 19.6 Å². The average Bonchev–Trinajstić information content (AvgIpc) is 3.15. The number of likely N-dealkylation sites (tertiary alicyclic amines) is 1. The van der Waals surface area contributed by atoms with Gasteiger partial charge in [0.2, 0.25) is 0 Å². The lowest BCUT2D eigenvalue weighted by Gasteiger charge is -2.26. The normalized spacial score (nSPS) is 18.3. The van der Waals surface area contributed by atoms with Crippen LogP contribution in [0.1, 0.15) is 23.2 Å². The number of aryl methyl sites for hydroxylation is 1. The number of halogens is 4. The molecule has 0 aliphatic carbocycles. The third-order valence-electron chi connectivity index (χ3n) is 4.23. The summed E-state index contributed by atoms with van der Waals surface area (Å²) in [6, 6.07) is 0. The lowest BCUT2D eigenvalue weighted by atomic mass is 10.1. The van der Waals surface area contributed by atoms with Crippen LogP contribution in [0, 0.1) is 12.8 Å². The van der Waals surface area contributed by atoms with Gasteiger partial charge in [-0.1, -0.05) is 6.92 Å². The Bertz CT molecular complexity index is 578. The first kappa shape index (κ1) is 23.4. The molecule has 1 aromatic rings.